The molecule has 5 heteroatoms. The van der Waals surface area contributed by atoms with Crippen LogP contribution in [0.1, 0.15) is 0 Å². The van der Waals surface area contributed by atoms with Gasteiger partial charge in [-0.25, -0.2) is 0 Å². The van der Waals surface area contributed by atoms with E-state index in [-0.39, 0.29) is 0 Å². The van der Waals surface area contributed by atoms with Gasteiger partial charge in [0.15, 0.2) is 0 Å². The maximum absolute atomic E-state index is 5.83. The standard InChI is InChI=1S/C19H13N3O2/c1-3-8-14(9-4-1)23-18-16-12-7-13-20-17(16)19(22-21-18)24-15-10-5-2-6-11-15/h1-13H. The maximum atomic E-state index is 5.83. The summed E-state index contributed by atoms with van der Waals surface area (Å²) in [7, 11) is 0. The van der Waals surface area contributed by atoms with Crippen molar-refractivity contribution in [2.45, 2.75) is 0 Å². The Bertz CT molecular complexity index is 880. The summed E-state index contributed by atoms with van der Waals surface area (Å²) in [6.07, 6.45) is 1.69. The molecule has 0 radical (unpaired) electrons. The number of fused-ring (bicyclic) bond motifs is 1. The predicted octanol–water partition coefficient (Wildman–Crippen LogP) is 4.61. The van der Waals surface area contributed by atoms with Crippen molar-refractivity contribution in [3.05, 3.63) is 79.0 Å². The minimum atomic E-state index is 0.345. The molecule has 2 aromatic carbocycles. The van der Waals surface area contributed by atoms with Gasteiger partial charge < -0.3 is 9.47 Å². The molecule has 0 amide bonds. The van der Waals surface area contributed by atoms with Gasteiger partial charge in [0.05, 0.1) is 5.39 Å². The first-order chi connectivity index (χ1) is 11.9. The van der Waals surface area contributed by atoms with Gasteiger partial charge in [-0.3, -0.25) is 4.98 Å². The molecule has 2 aromatic heterocycles. The second-order valence-electron chi connectivity index (χ2n) is 5.04. The van der Waals surface area contributed by atoms with Gasteiger partial charge in [0.25, 0.3) is 5.88 Å². The number of pyridine rings is 1. The largest absolute Gasteiger partial charge is 0.437 e. The van der Waals surface area contributed by atoms with Crippen LogP contribution in [0.15, 0.2) is 79.0 Å². The van der Waals surface area contributed by atoms with Crippen molar-refractivity contribution >= 4 is 10.9 Å². The van der Waals surface area contributed by atoms with Gasteiger partial charge in [0.2, 0.25) is 5.88 Å². The van der Waals surface area contributed by atoms with Crippen LogP contribution in [0.2, 0.25) is 0 Å². The minimum Gasteiger partial charge on any atom is -0.437 e. The molecule has 4 rings (SSSR count). The Morgan fingerprint density at radius 1 is 0.583 bits per heavy atom. The van der Waals surface area contributed by atoms with Gasteiger partial charge in [-0.1, -0.05) is 36.4 Å². The number of para-hydroxylation sites is 2. The van der Waals surface area contributed by atoms with Crippen LogP contribution >= 0.6 is 0 Å². The zero-order chi connectivity index (χ0) is 16.2. The molecule has 0 saturated heterocycles. The summed E-state index contributed by atoms with van der Waals surface area (Å²) in [5, 5.41) is 9.04. The van der Waals surface area contributed by atoms with E-state index in [4.69, 9.17) is 9.47 Å². The molecule has 0 unspecified atom stereocenters. The zero-order valence-corrected chi connectivity index (χ0v) is 12.7. The number of rotatable bonds is 4. The van der Waals surface area contributed by atoms with Gasteiger partial charge in [-0.15, -0.1) is 10.2 Å². The molecule has 0 spiro atoms. The van der Waals surface area contributed by atoms with Crippen molar-refractivity contribution in [3.63, 3.8) is 0 Å². The fourth-order valence-corrected chi connectivity index (χ4v) is 2.28. The lowest BCUT2D eigenvalue weighted by molar-refractivity contribution is 0.435. The first kappa shape index (κ1) is 14.1. The fourth-order valence-electron chi connectivity index (χ4n) is 2.28. The third kappa shape index (κ3) is 2.87. The summed E-state index contributed by atoms with van der Waals surface area (Å²) in [5.74, 6) is 2.10. The molecule has 0 bridgehead atoms. The average molecular weight is 315 g/mol. The van der Waals surface area contributed by atoms with E-state index in [1.807, 2.05) is 72.8 Å². The average Bonchev–Trinajstić information content (AvgIpc) is 2.65. The molecule has 0 aliphatic heterocycles. The Hall–Kier alpha value is -3.47. The SMILES string of the molecule is c1ccc(Oc2nnc(Oc3ccccc3)c3ncccc23)cc1. The molecule has 0 aliphatic rings. The van der Waals surface area contributed by atoms with Crippen molar-refractivity contribution in [1.82, 2.24) is 15.2 Å². The highest BCUT2D eigenvalue weighted by Gasteiger charge is 2.13. The van der Waals surface area contributed by atoms with Crippen molar-refractivity contribution < 1.29 is 9.47 Å². The van der Waals surface area contributed by atoms with E-state index in [1.165, 1.54) is 0 Å². The van der Waals surface area contributed by atoms with Crippen LogP contribution in [-0.4, -0.2) is 15.2 Å². The lowest BCUT2D eigenvalue weighted by Gasteiger charge is -2.10. The van der Waals surface area contributed by atoms with E-state index in [1.54, 1.807) is 6.20 Å². The van der Waals surface area contributed by atoms with Crippen molar-refractivity contribution in [2.24, 2.45) is 0 Å². The number of benzene rings is 2. The first-order valence-corrected chi connectivity index (χ1v) is 7.47. The van der Waals surface area contributed by atoms with Gasteiger partial charge in [0, 0.05) is 6.20 Å². The van der Waals surface area contributed by atoms with Gasteiger partial charge >= 0.3 is 0 Å². The normalized spacial score (nSPS) is 10.5. The number of hydrogen-bond acceptors (Lipinski definition) is 5. The second kappa shape index (κ2) is 6.34. The molecule has 0 N–H and O–H groups in total. The molecule has 0 atom stereocenters. The zero-order valence-electron chi connectivity index (χ0n) is 12.7. The van der Waals surface area contributed by atoms with Gasteiger partial charge in [0.1, 0.15) is 17.0 Å². The van der Waals surface area contributed by atoms with Gasteiger partial charge in [-0.05, 0) is 36.4 Å². The van der Waals surface area contributed by atoms with Gasteiger partial charge in [-0.2, -0.15) is 0 Å². The van der Waals surface area contributed by atoms with Crippen LogP contribution < -0.4 is 9.47 Å². The van der Waals surface area contributed by atoms with E-state index in [2.05, 4.69) is 15.2 Å². The summed E-state index contributed by atoms with van der Waals surface area (Å²) >= 11 is 0. The van der Waals surface area contributed by atoms with E-state index in [9.17, 15) is 0 Å². The molecule has 2 heterocycles. The summed E-state index contributed by atoms with van der Waals surface area (Å²) < 4.78 is 11.6. The number of aromatic nitrogens is 3. The Balaban J connectivity index is 1.74. The molecule has 0 aliphatic carbocycles. The maximum Gasteiger partial charge on any atom is 0.265 e. The second-order valence-corrected chi connectivity index (χ2v) is 5.04. The summed E-state index contributed by atoms with van der Waals surface area (Å²) in [4.78, 5) is 4.37. The van der Waals surface area contributed by atoms with Crippen LogP contribution in [0.5, 0.6) is 23.3 Å². The molecule has 116 valence electrons. The lowest BCUT2D eigenvalue weighted by Crippen LogP contribution is -1.97. The van der Waals surface area contributed by atoms with Crippen LogP contribution in [0.3, 0.4) is 0 Å². The van der Waals surface area contributed by atoms with Crippen LogP contribution in [0, 0.1) is 0 Å². The number of hydrogen-bond donors (Lipinski definition) is 0. The quantitative estimate of drug-likeness (QED) is 0.550. The highest BCUT2D eigenvalue weighted by molar-refractivity contribution is 5.87. The Morgan fingerprint density at radius 2 is 1.17 bits per heavy atom. The summed E-state index contributed by atoms with van der Waals surface area (Å²) in [5.41, 5.74) is 0.599. The number of ether oxygens (including phenoxy) is 2. The third-order valence-electron chi connectivity index (χ3n) is 3.39. The van der Waals surface area contributed by atoms with E-state index in [0.29, 0.717) is 28.8 Å². The van der Waals surface area contributed by atoms with E-state index in [0.717, 1.165) is 5.39 Å². The van der Waals surface area contributed by atoms with Crippen LogP contribution in [-0.2, 0) is 0 Å². The summed E-state index contributed by atoms with van der Waals surface area (Å²) in [6, 6.07) is 22.6. The van der Waals surface area contributed by atoms with Crippen molar-refractivity contribution in [2.75, 3.05) is 0 Å². The Morgan fingerprint density at radius 3 is 1.83 bits per heavy atom. The minimum absolute atomic E-state index is 0.345. The van der Waals surface area contributed by atoms with Crippen LogP contribution in [0.25, 0.3) is 10.9 Å². The smallest absolute Gasteiger partial charge is 0.265 e. The monoisotopic (exact) mass is 315 g/mol. The Labute approximate surface area is 138 Å². The highest BCUT2D eigenvalue weighted by Crippen LogP contribution is 2.32. The Kier molecular flexibility index (Phi) is 3.73. The molecule has 5 nitrogen and oxygen atoms in total. The highest BCUT2D eigenvalue weighted by atomic mass is 16.5. The lowest BCUT2D eigenvalue weighted by atomic mass is 10.3. The van der Waals surface area contributed by atoms with Crippen LogP contribution in [0.4, 0.5) is 0 Å². The molecule has 0 fully saturated rings. The topological polar surface area (TPSA) is 57.1 Å². The van der Waals surface area contributed by atoms with Crippen molar-refractivity contribution in [1.29, 1.82) is 0 Å². The fraction of sp³-hybridized carbons (Fsp3) is 0. The van der Waals surface area contributed by atoms with E-state index >= 15 is 0 Å². The molecule has 0 saturated carbocycles. The first-order valence-electron chi connectivity index (χ1n) is 7.47. The van der Waals surface area contributed by atoms with E-state index < -0.39 is 0 Å². The molecule has 4 aromatic rings. The third-order valence-corrected chi connectivity index (χ3v) is 3.39. The summed E-state index contributed by atoms with van der Waals surface area (Å²) in [6.45, 7) is 0. The number of nitrogens with zero attached hydrogens (tertiary/aromatic N) is 3. The predicted molar refractivity (Wildman–Crippen MR) is 90.4 cm³/mol. The molecule has 24 heavy (non-hydrogen) atoms. The molecular formula is C19H13N3O2. The van der Waals surface area contributed by atoms with Crippen molar-refractivity contribution in [3.8, 4) is 23.3 Å². The molecular weight excluding hydrogens is 302 g/mol.